The fourth-order valence-corrected chi connectivity index (χ4v) is 3.82. The van der Waals surface area contributed by atoms with Gasteiger partial charge in [0.25, 0.3) is 0 Å². The highest BCUT2D eigenvalue weighted by Crippen LogP contribution is 2.26. The molecule has 2 heterocycles. The van der Waals surface area contributed by atoms with E-state index in [2.05, 4.69) is 20.5 Å². The lowest BCUT2D eigenvalue weighted by Gasteiger charge is -2.05. The van der Waals surface area contributed by atoms with Crippen LogP contribution in [0.25, 0.3) is 16.6 Å². The number of halogens is 1. The number of aromatic amines is 1. The number of aryl methyl sites for hydroxylation is 1. The van der Waals surface area contributed by atoms with Crippen molar-refractivity contribution in [3.05, 3.63) is 64.8 Å². The lowest BCUT2D eigenvalue weighted by molar-refractivity contribution is 0.102. The Bertz CT molecular complexity index is 1100. The number of nitrogens with one attached hydrogen (secondary N) is 1. The molecule has 0 bridgehead atoms. The zero-order valence-electron chi connectivity index (χ0n) is 13.8. The number of thioether (sulfide) groups is 1. The first-order valence-corrected chi connectivity index (χ1v) is 9.27. The van der Waals surface area contributed by atoms with Crippen LogP contribution in [-0.4, -0.2) is 36.7 Å². The molecule has 1 N–H and O–H groups in total. The number of nitrogens with zero attached hydrogens (tertiary/aromatic N) is 4. The monoisotopic (exact) mass is 383 g/mol. The number of Topliss-reactive ketones (excluding diaryl/α,β-unsaturated/α-hetero) is 1. The number of fused-ring (bicyclic) bond motifs is 1. The Balaban J connectivity index is 1.57. The minimum atomic E-state index is 0.0330. The van der Waals surface area contributed by atoms with Crippen LogP contribution >= 0.6 is 23.4 Å². The van der Waals surface area contributed by atoms with Crippen molar-refractivity contribution >= 4 is 40.0 Å². The maximum atomic E-state index is 12.8. The van der Waals surface area contributed by atoms with Gasteiger partial charge in [-0.25, -0.2) is 0 Å². The summed E-state index contributed by atoms with van der Waals surface area (Å²) >= 11 is 7.33. The summed E-state index contributed by atoms with van der Waals surface area (Å²) in [7, 11) is 0. The summed E-state index contributed by atoms with van der Waals surface area (Å²) in [5.74, 6) is 0.273. The van der Waals surface area contributed by atoms with Crippen LogP contribution in [0.5, 0.6) is 0 Å². The van der Waals surface area contributed by atoms with Crippen molar-refractivity contribution in [2.45, 2.75) is 12.1 Å². The summed E-state index contributed by atoms with van der Waals surface area (Å²) in [5, 5.41) is 13.8. The van der Waals surface area contributed by atoms with Gasteiger partial charge in [0.1, 0.15) is 0 Å². The molecule has 2 aromatic carbocycles. The summed E-state index contributed by atoms with van der Waals surface area (Å²) in [6.07, 6.45) is 0. The van der Waals surface area contributed by atoms with Crippen LogP contribution in [0.15, 0.2) is 53.7 Å². The molecule has 6 nitrogen and oxygen atoms in total. The molecule has 4 rings (SSSR count). The standard InChI is InChI=1S/C18H14ClN5OS/c1-11-17(14-7-2-3-8-15(14)20-11)16(25)10-26-18-21-22-23-24(18)13-6-4-5-12(19)9-13/h2-9,20H,10H2,1H3. The van der Waals surface area contributed by atoms with E-state index < -0.39 is 0 Å². The zero-order chi connectivity index (χ0) is 18.1. The SMILES string of the molecule is Cc1[nH]c2ccccc2c1C(=O)CSc1nnnn1-c1cccc(Cl)c1. The Labute approximate surface area is 158 Å². The van der Waals surface area contributed by atoms with Gasteiger partial charge in [0.2, 0.25) is 5.16 Å². The van der Waals surface area contributed by atoms with E-state index in [1.165, 1.54) is 11.8 Å². The maximum absolute atomic E-state index is 12.8. The molecule has 0 aliphatic heterocycles. The molecule has 4 aromatic rings. The highest BCUT2D eigenvalue weighted by molar-refractivity contribution is 7.99. The second-order valence-corrected chi connectivity index (χ2v) is 7.11. The minimum absolute atomic E-state index is 0.0330. The van der Waals surface area contributed by atoms with Gasteiger partial charge < -0.3 is 4.98 Å². The van der Waals surface area contributed by atoms with Crippen LogP contribution in [0.2, 0.25) is 5.02 Å². The fourth-order valence-electron chi connectivity index (χ4n) is 2.88. The van der Waals surface area contributed by atoms with Crippen molar-refractivity contribution in [2.24, 2.45) is 0 Å². The Kier molecular flexibility index (Phi) is 4.48. The molecule has 0 unspecified atom stereocenters. The molecule has 2 aromatic heterocycles. The molecule has 0 atom stereocenters. The van der Waals surface area contributed by atoms with Crippen LogP contribution in [0.1, 0.15) is 16.1 Å². The fraction of sp³-hybridized carbons (Fsp3) is 0.111. The third kappa shape index (κ3) is 3.11. The van der Waals surface area contributed by atoms with E-state index in [1.807, 2.05) is 43.3 Å². The van der Waals surface area contributed by atoms with E-state index in [0.717, 1.165) is 27.8 Å². The third-order valence-corrected chi connectivity index (χ3v) is 5.15. The van der Waals surface area contributed by atoms with Crippen molar-refractivity contribution in [1.29, 1.82) is 0 Å². The van der Waals surface area contributed by atoms with Crippen molar-refractivity contribution in [1.82, 2.24) is 25.2 Å². The number of hydrogen-bond acceptors (Lipinski definition) is 5. The molecular formula is C18H14ClN5OS. The number of carbonyl (C=O) groups excluding carboxylic acids is 1. The second-order valence-electron chi connectivity index (χ2n) is 5.74. The van der Waals surface area contributed by atoms with Gasteiger partial charge in [-0.05, 0) is 41.6 Å². The minimum Gasteiger partial charge on any atom is -0.358 e. The van der Waals surface area contributed by atoms with Gasteiger partial charge >= 0.3 is 0 Å². The van der Waals surface area contributed by atoms with Crippen LogP contribution in [0.3, 0.4) is 0 Å². The van der Waals surface area contributed by atoms with Gasteiger partial charge in [0.15, 0.2) is 5.78 Å². The quantitative estimate of drug-likeness (QED) is 0.415. The van der Waals surface area contributed by atoms with Gasteiger partial charge in [-0.15, -0.1) is 5.10 Å². The molecule has 0 spiro atoms. The Morgan fingerprint density at radius 3 is 2.92 bits per heavy atom. The third-order valence-electron chi connectivity index (χ3n) is 4.00. The number of para-hydroxylation sites is 1. The average Bonchev–Trinajstić information content (AvgIpc) is 3.23. The van der Waals surface area contributed by atoms with E-state index in [-0.39, 0.29) is 11.5 Å². The number of ketones is 1. The Morgan fingerprint density at radius 1 is 1.23 bits per heavy atom. The van der Waals surface area contributed by atoms with Crippen molar-refractivity contribution < 1.29 is 4.79 Å². The number of aromatic nitrogens is 5. The summed E-state index contributed by atoms with van der Waals surface area (Å²) in [6.45, 7) is 1.91. The second kappa shape index (κ2) is 6.93. The normalized spacial score (nSPS) is 11.2. The molecule has 130 valence electrons. The lowest BCUT2D eigenvalue weighted by atomic mass is 10.1. The van der Waals surface area contributed by atoms with Crippen LogP contribution in [0, 0.1) is 6.92 Å². The van der Waals surface area contributed by atoms with Gasteiger partial charge in [0, 0.05) is 27.2 Å². The number of tetrazole rings is 1. The van der Waals surface area contributed by atoms with Crippen molar-refractivity contribution in [3.63, 3.8) is 0 Å². The Hall–Kier alpha value is -2.64. The first kappa shape index (κ1) is 16.8. The number of hydrogen-bond donors (Lipinski definition) is 1. The van der Waals surface area contributed by atoms with E-state index in [0.29, 0.717) is 10.2 Å². The topological polar surface area (TPSA) is 76.5 Å². The first-order valence-electron chi connectivity index (χ1n) is 7.91. The van der Waals surface area contributed by atoms with Crippen LogP contribution < -0.4 is 0 Å². The van der Waals surface area contributed by atoms with E-state index in [4.69, 9.17) is 11.6 Å². The summed E-state index contributed by atoms with van der Waals surface area (Å²) in [5.41, 5.74) is 3.30. The summed E-state index contributed by atoms with van der Waals surface area (Å²) in [6, 6.07) is 15.0. The van der Waals surface area contributed by atoms with Gasteiger partial charge in [-0.1, -0.05) is 47.6 Å². The molecule has 26 heavy (non-hydrogen) atoms. The molecule has 0 saturated carbocycles. The van der Waals surface area contributed by atoms with E-state index >= 15 is 0 Å². The number of carbonyl (C=O) groups is 1. The molecule has 0 amide bonds. The van der Waals surface area contributed by atoms with Crippen LogP contribution in [-0.2, 0) is 0 Å². The average molecular weight is 384 g/mol. The summed E-state index contributed by atoms with van der Waals surface area (Å²) in [4.78, 5) is 16.1. The molecule has 8 heteroatoms. The molecular weight excluding hydrogens is 370 g/mol. The predicted octanol–water partition coefficient (Wildman–Crippen LogP) is 4.08. The number of benzene rings is 2. The number of rotatable bonds is 5. The molecule has 0 fully saturated rings. The zero-order valence-corrected chi connectivity index (χ0v) is 15.4. The molecule has 0 aliphatic rings. The molecule has 0 aliphatic carbocycles. The van der Waals surface area contributed by atoms with Crippen LogP contribution in [0.4, 0.5) is 0 Å². The van der Waals surface area contributed by atoms with Crippen molar-refractivity contribution in [2.75, 3.05) is 5.75 Å². The highest BCUT2D eigenvalue weighted by atomic mass is 35.5. The smallest absolute Gasteiger partial charge is 0.214 e. The van der Waals surface area contributed by atoms with Gasteiger partial charge in [0.05, 0.1) is 11.4 Å². The van der Waals surface area contributed by atoms with Gasteiger partial charge in [-0.3, -0.25) is 4.79 Å². The van der Waals surface area contributed by atoms with E-state index in [1.54, 1.807) is 16.8 Å². The first-order chi connectivity index (χ1) is 12.6. The highest BCUT2D eigenvalue weighted by Gasteiger charge is 2.18. The van der Waals surface area contributed by atoms with Crippen molar-refractivity contribution in [3.8, 4) is 5.69 Å². The Morgan fingerprint density at radius 2 is 2.08 bits per heavy atom. The number of H-pyrrole nitrogens is 1. The van der Waals surface area contributed by atoms with Gasteiger partial charge in [-0.2, -0.15) is 4.68 Å². The predicted molar refractivity (Wildman–Crippen MR) is 102 cm³/mol. The summed E-state index contributed by atoms with van der Waals surface area (Å²) < 4.78 is 1.58. The lowest BCUT2D eigenvalue weighted by Crippen LogP contribution is -2.06. The molecule has 0 radical (unpaired) electrons. The maximum Gasteiger partial charge on any atom is 0.214 e. The largest absolute Gasteiger partial charge is 0.358 e. The molecule has 0 saturated heterocycles. The van der Waals surface area contributed by atoms with E-state index in [9.17, 15) is 4.79 Å².